The lowest BCUT2D eigenvalue weighted by Crippen LogP contribution is -1.96. The van der Waals surface area contributed by atoms with Crippen LogP contribution in [0.15, 0.2) is 45.9 Å². The largest absolute Gasteiger partial charge is 0.475 e. The zero-order chi connectivity index (χ0) is 14.5. The van der Waals surface area contributed by atoms with Crippen LogP contribution in [-0.2, 0) is 6.42 Å². The number of carboxylic acid groups (broad SMARTS) is 1. The standard InChI is InChI=1S/C13H11NO5S/c15-13(16)11-5-6-12(19-11)20-8-7-9-3-1-2-4-10(9)14(17)18/h1-6H,7-8H2,(H,15,16). The fraction of sp³-hybridized carbons (Fsp3) is 0.154. The predicted octanol–water partition coefficient (Wildman–Crippen LogP) is 3.22. The van der Waals surface area contributed by atoms with E-state index in [4.69, 9.17) is 9.52 Å². The Kier molecular flexibility index (Phi) is 4.41. The van der Waals surface area contributed by atoms with Gasteiger partial charge in [-0.2, -0.15) is 0 Å². The van der Waals surface area contributed by atoms with Gasteiger partial charge in [0.1, 0.15) is 0 Å². The van der Waals surface area contributed by atoms with Crippen LogP contribution in [-0.4, -0.2) is 21.8 Å². The second-order valence-corrected chi connectivity index (χ2v) is 5.01. The van der Waals surface area contributed by atoms with Gasteiger partial charge in [-0.05, 0) is 18.6 Å². The molecule has 0 atom stereocenters. The molecule has 0 radical (unpaired) electrons. The number of furan rings is 1. The lowest BCUT2D eigenvalue weighted by atomic mass is 10.1. The summed E-state index contributed by atoms with van der Waals surface area (Å²) in [7, 11) is 0. The number of carbonyl (C=O) groups is 1. The fourth-order valence-corrected chi connectivity index (χ4v) is 2.51. The lowest BCUT2D eigenvalue weighted by Gasteiger charge is -2.01. The molecule has 1 heterocycles. The average Bonchev–Trinajstić information content (AvgIpc) is 2.88. The molecule has 0 saturated carbocycles. The molecule has 0 amide bonds. The van der Waals surface area contributed by atoms with E-state index in [1.165, 1.54) is 23.9 Å². The quantitative estimate of drug-likeness (QED) is 0.499. The van der Waals surface area contributed by atoms with Crippen molar-refractivity contribution in [1.29, 1.82) is 0 Å². The van der Waals surface area contributed by atoms with E-state index in [2.05, 4.69) is 0 Å². The van der Waals surface area contributed by atoms with Gasteiger partial charge in [0.15, 0.2) is 5.09 Å². The van der Waals surface area contributed by atoms with Gasteiger partial charge >= 0.3 is 5.97 Å². The minimum absolute atomic E-state index is 0.0961. The first-order valence-electron chi connectivity index (χ1n) is 5.76. The average molecular weight is 293 g/mol. The molecule has 2 rings (SSSR count). The number of thioether (sulfide) groups is 1. The Balaban J connectivity index is 1.96. The second-order valence-electron chi connectivity index (χ2n) is 3.91. The predicted molar refractivity (Wildman–Crippen MR) is 73.2 cm³/mol. The number of hydrogen-bond donors (Lipinski definition) is 1. The summed E-state index contributed by atoms with van der Waals surface area (Å²) in [5.41, 5.74) is 0.744. The Bertz CT molecular complexity index is 637. The van der Waals surface area contributed by atoms with E-state index in [0.717, 1.165) is 0 Å². The van der Waals surface area contributed by atoms with Crippen LogP contribution in [0.2, 0.25) is 0 Å². The van der Waals surface area contributed by atoms with Crippen LogP contribution < -0.4 is 0 Å². The molecule has 1 aromatic heterocycles. The van der Waals surface area contributed by atoms with Crippen molar-refractivity contribution in [2.24, 2.45) is 0 Å². The minimum atomic E-state index is -1.12. The number of carboxylic acids is 1. The summed E-state index contributed by atoms with van der Waals surface area (Å²) >= 11 is 1.32. The smallest absolute Gasteiger partial charge is 0.371 e. The summed E-state index contributed by atoms with van der Waals surface area (Å²) in [6.45, 7) is 0. The number of para-hydroxylation sites is 1. The number of aromatic carboxylic acids is 1. The van der Waals surface area contributed by atoms with Crippen molar-refractivity contribution in [3.05, 3.63) is 57.8 Å². The molecule has 6 nitrogen and oxygen atoms in total. The Morgan fingerprint density at radius 2 is 2.05 bits per heavy atom. The van der Waals surface area contributed by atoms with Crippen LogP contribution >= 0.6 is 11.8 Å². The van der Waals surface area contributed by atoms with E-state index in [0.29, 0.717) is 22.8 Å². The number of hydrogen-bond acceptors (Lipinski definition) is 5. The highest BCUT2D eigenvalue weighted by Gasteiger charge is 2.13. The number of rotatable bonds is 6. The monoisotopic (exact) mass is 293 g/mol. The van der Waals surface area contributed by atoms with Gasteiger partial charge in [0.25, 0.3) is 5.69 Å². The number of benzene rings is 1. The van der Waals surface area contributed by atoms with Gasteiger partial charge in [0.2, 0.25) is 5.76 Å². The Morgan fingerprint density at radius 1 is 1.30 bits per heavy atom. The molecule has 0 bridgehead atoms. The van der Waals surface area contributed by atoms with Gasteiger partial charge in [0.05, 0.1) is 4.92 Å². The van der Waals surface area contributed by atoms with Gasteiger partial charge in [-0.15, -0.1) is 0 Å². The number of aryl methyl sites for hydroxylation is 1. The second kappa shape index (κ2) is 6.25. The molecule has 7 heteroatoms. The Morgan fingerprint density at radius 3 is 2.70 bits per heavy atom. The van der Waals surface area contributed by atoms with Crippen molar-refractivity contribution in [3.63, 3.8) is 0 Å². The van der Waals surface area contributed by atoms with Crippen molar-refractivity contribution in [2.75, 3.05) is 5.75 Å². The van der Waals surface area contributed by atoms with Crippen molar-refractivity contribution in [2.45, 2.75) is 11.5 Å². The fourth-order valence-electron chi connectivity index (χ4n) is 1.67. The first-order valence-corrected chi connectivity index (χ1v) is 6.74. The molecule has 0 fully saturated rings. The number of nitrogens with zero attached hydrogens (tertiary/aromatic N) is 1. The van der Waals surface area contributed by atoms with E-state index in [1.807, 2.05) is 0 Å². The summed E-state index contributed by atoms with van der Waals surface area (Å²) in [4.78, 5) is 21.1. The highest BCUT2D eigenvalue weighted by molar-refractivity contribution is 7.99. The summed E-state index contributed by atoms with van der Waals surface area (Å²) in [6.07, 6.45) is 0.505. The SMILES string of the molecule is O=C(O)c1ccc(SCCc2ccccc2[N+](=O)[O-])o1. The van der Waals surface area contributed by atoms with Crippen LogP contribution in [0.1, 0.15) is 16.1 Å². The van der Waals surface area contributed by atoms with Crippen LogP contribution in [0, 0.1) is 10.1 Å². The van der Waals surface area contributed by atoms with Gasteiger partial charge in [0, 0.05) is 17.4 Å². The van der Waals surface area contributed by atoms with Gasteiger partial charge in [-0.25, -0.2) is 4.79 Å². The summed E-state index contributed by atoms with van der Waals surface area (Å²) in [6, 6.07) is 9.52. The maximum Gasteiger partial charge on any atom is 0.371 e. The molecule has 104 valence electrons. The van der Waals surface area contributed by atoms with E-state index in [9.17, 15) is 14.9 Å². The third-order valence-corrected chi connectivity index (χ3v) is 3.51. The highest BCUT2D eigenvalue weighted by atomic mass is 32.2. The molecule has 1 aromatic carbocycles. The van der Waals surface area contributed by atoms with E-state index in [1.54, 1.807) is 24.3 Å². The van der Waals surface area contributed by atoms with Gasteiger partial charge < -0.3 is 9.52 Å². The van der Waals surface area contributed by atoms with Crippen molar-refractivity contribution < 1.29 is 19.2 Å². The molecule has 0 aliphatic heterocycles. The number of nitro benzene ring substituents is 1. The maximum atomic E-state index is 10.8. The molecule has 0 aliphatic rings. The van der Waals surface area contributed by atoms with Gasteiger partial charge in [-0.1, -0.05) is 30.0 Å². The maximum absolute atomic E-state index is 10.8. The summed E-state index contributed by atoms with van der Waals surface area (Å²) in [5, 5.41) is 20.1. The zero-order valence-electron chi connectivity index (χ0n) is 10.3. The Labute approximate surface area is 118 Å². The summed E-state index contributed by atoms with van der Waals surface area (Å²) < 4.78 is 5.09. The lowest BCUT2D eigenvalue weighted by molar-refractivity contribution is -0.385. The van der Waals surface area contributed by atoms with E-state index in [-0.39, 0.29) is 11.4 Å². The van der Waals surface area contributed by atoms with Crippen molar-refractivity contribution in [1.82, 2.24) is 0 Å². The minimum Gasteiger partial charge on any atom is -0.475 e. The molecule has 2 aromatic rings. The first-order chi connectivity index (χ1) is 9.58. The third kappa shape index (κ3) is 3.39. The van der Waals surface area contributed by atoms with Crippen LogP contribution in [0.25, 0.3) is 0 Å². The molecular weight excluding hydrogens is 282 g/mol. The molecule has 0 aliphatic carbocycles. The van der Waals surface area contributed by atoms with Crippen molar-refractivity contribution in [3.8, 4) is 0 Å². The number of nitro groups is 1. The highest BCUT2D eigenvalue weighted by Crippen LogP contribution is 2.24. The van der Waals surface area contributed by atoms with Crippen molar-refractivity contribution >= 4 is 23.4 Å². The third-order valence-electron chi connectivity index (χ3n) is 2.60. The van der Waals surface area contributed by atoms with Crippen LogP contribution in [0.4, 0.5) is 5.69 Å². The first kappa shape index (κ1) is 14.1. The molecule has 0 unspecified atom stereocenters. The zero-order valence-corrected chi connectivity index (χ0v) is 11.1. The van der Waals surface area contributed by atoms with Crippen LogP contribution in [0.5, 0.6) is 0 Å². The van der Waals surface area contributed by atoms with Gasteiger partial charge in [-0.3, -0.25) is 10.1 Å². The van der Waals surface area contributed by atoms with E-state index >= 15 is 0 Å². The normalized spacial score (nSPS) is 10.4. The van der Waals surface area contributed by atoms with E-state index < -0.39 is 10.9 Å². The molecular formula is C13H11NO5S. The molecule has 0 spiro atoms. The topological polar surface area (TPSA) is 93.6 Å². The summed E-state index contributed by atoms with van der Waals surface area (Å²) in [5.74, 6) is -0.661. The molecule has 1 N–H and O–H groups in total. The Hall–Kier alpha value is -2.28. The molecule has 20 heavy (non-hydrogen) atoms. The molecule has 0 saturated heterocycles. The van der Waals surface area contributed by atoms with Crippen LogP contribution in [0.3, 0.4) is 0 Å².